The van der Waals surface area contributed by atoms with Crippen molar-refractivity contribution in [1.29, 1.82) is 0 Å². The number of hydrogen-bond acceptors (Lipinski definition) is 3. The number of aromatic nitrogens is 3. The largest absolute Gasteiger partial charge is 0.357 e. The van der Waals surface area contributed by atoms with Crippen LogP contribution in [-0.4, -0.2) is 33.8 Å². The van der Waals surface area contributed by atoms with E-state index < -0.39 is 0 Å². The number of nitrogens with one attached hydrogen (secondary N) is 2. The Labute approximate surface area is 159 Å². The van der Waals surface area contributed by atoms with E-state index in [4.69, 9.17) is 0 Å². The van der Waals surface area contributed by atoms with Crippen LogP contribution in [0.1, 0.15) is 25.3 Å². The van der Waals surface area contributed by atoms with Crippen LogP contribution in [0.25, 0.3) is 0 Å². The highest BCUT2D eigenvalue weighted by Crippen LogP contribution is 2.04. The molecule has 0 radical (unpaired) electrons. The van der Waals surface area contributed by atoms with E-state index in [0.29, 0.717) is 6.54 Å². The van der Waals surface area contributed by atoms with Gasteiger partial charge in [-0.25, -0.2) is 9.38 Å². The molecule has 0 spiro atoms. The van der Waals surface area contributed by atoms with Crippen molar-refractivity contribution < 1.29 is 4.39 Å². The summed E-state index contributed by atoms with van der Waals surface area (Å²) in [5.41, 5.74) is 0.856. The molecule has 0 saturated carbocycles. The average Bonchev–Trinajstić information content (AvgIpc) is 3.05. The van der Waals surface area contributed by atoms with Gasteiger partial charge < -0.3 is 15.2 Å². The molecule has 2 N–H and O–H groups in total. The predicted molar refractivity (Wildman–Crippen MR) is 104 cm³/mol. The van der Waals surface area contributed by atoms with Gasteiger partial charge in [0, 0.05) is 19.6 Å². The normalized spacial score (nSPS) is 11.0. The van der Waals surface area contributed by atoms with Crippen LogP contribution >= 0.6 is 24.0 Å². The quantitative estimate of drug-likeness (QED) is 0.283. The molecule has 0 bridgehead atoms. The van der Waals surface area contributed by atoms with Crippen molar-refractivity contribution in [2.24, 2.45) is 4.99 Å². The van der Waals surface area contributed by atoms with Gasteiger partial charge in [-0.3, -0.25) is 0 Å². The lowest BCUT2D eigenvalue weighted by Gasteiger charge is -2.11. The standard InChI is InChI=1S/C16H23FN6.HI/c1-2-18-16(20-11-14-6-5-7-15(17)10-14)19-8-3-4-9-23-12-21-22-13-23;/h5-7,10,12-13H,2-4,8-9,11H2,1H3,(H2,18,19,20);1H. The van der Waals surface area contributed by atoms with E-state index in [0.717, 1.165) is 44.0 Å². The molecule has 1 heterocycles. The Kier molecular flexibility index (Phi) is 9.97. The van der Waals surface area contributed by atoms with E-state index in [1.54, 1.807) is 18.7 Å². The molecule has 2 rings (SSSR count). The highest BCUT2D eigenvalue weighted by Gasteiger charge is 1.99. The molecule has 8 heteroatoms. The monoisotopic (exact) mass is 446 g/mol. The fourth-order valence-electron chi connectivity index (χ4n) is 2.11. The van der Waals surface area contributed by atoms with Crippen LogP contribution in [0.3, 0.4) is 0 Å². The SMILES string of the molecule is CCNC(=NCc1cccc(F)c1)NCCCCn1cnnc1.I. The van der Waals surface area contributed by atoms with E-state index in [1.807, 2.05) is 17.6 Å². The zero-order chi connectivity index (χ0) is 16.3. The third-order valence-electron chi connectivity index (χ3n) is 3.26. The Morgan fingerprint density at radius 3 is 2.71 bits per heavy atom. The van der Waals surface area contributed by atoms with Crippen molar-refractivity contribution in [3.8, 4) is 0 Å². The van der Waals surface area contributed by atoms with Gasteiger partial charge in [0.25, 0.3) is 0 Å². The second-order valence-corrected chi connectivity index (χ2v) is 5.16. The summed E-state index contributed by atoms with van der Waals surface area (Å²) in [6, 6.07) is 6.51. The lowest BCUT2D eigenvalue weighted by molar-refractivity contribution is 0.597. The summed E-state index contributed by atoms with van der Waals surface area (Å²) in [7, 11) is 0. The number of guanidine groups is 1. The Balaban J connectivity index is 0.00000288. The van der Waals surface area contributed by atoms with Crippen molar-refractivity contribution in [1.82, 2.24) is 25.4 Å². The van der Waals surface area contributed by atoms with Gasteiger partial charge in [-0.2, -0.15) is 0 Å². The molecular formula is C16H24FIN6. The van der Waals surface area contributed by atoms with Crippen molar-refractivity contribution in [3.63, 3.8) is 0 Å². The van der Waals surface area contributed by atoms with E-state index in [9.17, 15) is 4.39 Å². The molecule has 0 unspecified atom stereocenters. The summed E-state index contributed by atoms with van der Waals surface area (Å²) < 4.78 is 15.1. The highest BCUT2D eigenvalue weighted by molar-refractivity contribution is 14.0. The molecule has 24 heavy (non-hydrogen) atoms. The minimum absolute atomic E-state index is 0. The number of benzene rings is 1. The first kappa shape index (κ1) is 20.3. The molecule has 132 valence electrons. The number of nitrogens with zero attached hydrogens (tertiary/aromatic N) is 4. The number of hydrogen-bond donors (Lipinski definition) is 2. The lowest BCUT2D eigenvalue weighted by atomic mass is 10.2. The molecule has 0 aliphatic heterocycles. The number of aliphatic imine (C=N–C) groups is 1. The van der Waals surface area contributed by atoms with Gasteiger partial charge in [0.15, 0.2) is 5.96 Å². The molecule has 0 amide bonds. The first-order valence-corrected chi connectivity index (χ1v) is 7.87. The van der Waals surface area contributed by atoms with Gasteiger partial charge in [0.1, 0.15) is 18.5 Å². The molecule has 0 saturated heterocycles. The molecule has 1 aromatic heterocycles. The maximum absolute atomic E-state index is 13.2. The number of halogens is 2. The van der Waals surface area contributed by atoms with Crippen molar-refractivity contribution in [2.45, 2.75) is 32.9 Å². The fourth-order valence-corrected chi connectivity index (χ4v) is 2.11. The molecule has 1 aromatic carbocycles. The Bertz CT molecular complexity index is 602. The topological polar surface area (TPSA) is 67.1 Å². The molecular weight excluding hydrogens is 422 g/mol. The van der Waals surface area contributed by atoms with E-state index in [2.05, 4.69) is 25.8 Å². The maximum Gasteiger partial charge on any atom is 0.191 e. The second kappa shape index (κ2) is 11.8. The Morgan fingerprint density at radius 1 is 1.21 bits per heavy atom. The zero-order valence-electron chi connectivity index (χ0n) is 13.8. The zero-order valence-corrected chi connectivity index (χ0v) is 16.1. The third-order valence-corrected chi connectivity index (χ3v) is 3.26. The minimum atomic E-state index is -0.232. The summed E-state index contributed by atoms with van der Waals surface area (Å²) >= 11 is 0. The van der Waals surface area contributed by atoms with Gasteiger partial charge in [-0.15, -0.1) is 34.2 Å². The highest BCUT2D eigenvalue weighted by atomic mass is 127. The summed E-state index contributed by atoms with van der Waals surface area (Å²) in [5, 5.41) is 14.0. The lowest BCUT2D eigenvalue weighted by Crippen LogP contribution is -2.37. The molecule has 0 aliphatic carbocycles. The van der Waals surface area contributed by atoms with Crippen LogP contribution in [0.15, 0.2) is 41.9 Å². The van der Waals surface area contributed by atoms with Gasteiger partial charge in [0.05, 0.1) is 6.54 Å². The molecule has 0 aliphatic rings. The summed E-state index contributed by atoms with van der Waals surface area (Å²) in [5.74, 6) is 0.519. The van der Waals surface area contributed by atoms with Gasteiger partial charge >= 0.3 is 0 Å². The smallest absolute Gasteiger partial charge is 0.191 e. The molecule has 2 aromatic rings. The van der Waals surface area contributed by atoms with Crippen molar-refractivity contribution in [2.75, 3.05) is 13.1 Å². The molecule has 6 nitrogen and oxygen atoms in total. The number of aryl methyl sites for hydroxylation is 1. The minimum Gasteiger partial charge on any atom is -0.357 e. The fraction of sp³-hybridized carbons (Fsp3) is 0.438. The van der Waals surface area contributed by atoms with E-state index in [-0.39, 0.29) is 29.8 Å². The predicted octanol–water partition coefficient (Wildman–Crippen LogP) is 2.57. The van der Waals surface area contributed by atoms with Gasteiger partial charge in [-0.05, 0) is 37.5 Å². The second-order valence-electron chi connectivity index (χ2n) is 5.16. The summed E-state index contributed by atoms with van der Waals surface area (Å²) in [6.45, 7) is 5.00. The maximum atomic E-state index is 13.2. The summed E-state index contributed by atoms with van der Waals surface area (Å²) in [4.78, 5) is 4.47. The van der Waals surface area contributed by atoms with E-state index >= 15 is 0 Å². The van der Waals surface area contributed by atoms with Crippen LogP contribution in [0.5, 0.6) is 0 Å². The first-order chi connectivity index (χ1) is 11.3. The first-order valence-electron chi connectivity index (χ1n) is 7.87. The number of rotatable bonds is 8. The Morgan fingerprint density at radius 2 is 2.00 bits per heavy atom. The van der Waals surface area contributed by atoms with Crippen LogP contribution in [0, 0.1) is 5.82 Å². The number of unbranched alkanes of at least 4 members (excludes halogenated alkanes) is 1. The summed E-state index contributed by atoms with van der Waals surface area (Å²) in [6.07, 6.45) is 5.49. The van der Waals surface area contributed by atoms with Crippen molar-refractivity contribution >= 4 is 29.9 Å². The average molecular weight is 446 g/mol. The van der Waals surface area contributed by atoms with Gasteiger partial charge in [0.2, 0.25) is 0 Å². The Hall–Kier alpha value is -1.71. The third kappa shape index (κ3) is 7.71. The van der Waals surface area contributed by atoms with E-state index in [1.165, 1.54) is 12.1 Å². The molecule has 0 atom stereocenters. The van der Waals surface area contributed by atoms with Gasteiger partial charge in [-0.1, -0.05) is 12.1 Å². The van der Waals surface area contributed by atoms with Crippen LogP contribution in [0.4, 0.5) is 4.39 Å². The van der Waals surface area contributed by atoms with Crippen LogP contribution in [-0.2, 0) is 13.1 Å². The molecule has 0 fully saturated rings. The van der Waals surface area contributed by atoms with Crippen LogP contribution in [0.2, 0.25) is 0 Å². The van der Waals surface area contributed by atoms with Crippen molar-refractivity contribution in [3.05, 3.63) is 48.3 Å². The van der Waals surface area contributed by atoms with Crippen LogP contribution < -0.4 is 10.6 Å².